The Balaban J connectivity index is 1.66. The topological polar surface area (TPSA) is 95.9 Å². The minimum Gasteiger partial charge on any atom is -0.313 e. The minimum atomic E-state index is -1.47. The molecule has 3 heterocycles. The summed E-state index contributed by atoms with van der Waals surface area (Å²) >= 11 is 0. The molecule has 2 atom stereocenters. The summed E-state index contributed by atoms with van der Waals surface area (Å²) in [6.45, 7) is 0. The van der Waals surface area contributed by atoms with Crippen LogP contribution in [0.25, 0.3) is 16.9 Å². The summed E-state index contributed by atoms with van der Waals surface area (Å²) < 4.78 is 17.0. The van der Waals surface area contributed by atoms with Crippen LogP contribution in [0.3, 0.4) is 0 Å². The van der Waals surface area contributed by atoms with Gasteiger partial charge in [-0.05, 0) is 18.1 Å². The van der Waals surface area contributed by atoms with Crippen molar-refractivity contribution >= 4 is 5.65 Å². The van der Waals surface area contributed by atoms with Crippen LogP contribution in [0.1, 0.15) is 23.5 Å². The highest BCUT2D eigenvalue weighted by atomic mass is 19.1. The van der Waals surface area contributed by atoms with Gasteiger partial charge in [0.05, 0.1) is 11.3 Å². The Morgan fingerprint density at radius 2 is 2.04 bits per heavy atom. The maximum Gasteiger partial charge on any atom is 0.325 e. The lowest BCUT2D eigenvalue weighted by Gasteiger charge is -2.10. The fraction of sp³-hybridized carbons (Fsp3) is 0.158. The van der Waals surface area contributed by atoms with E-state index in [9.17, 15) is 9.59 Å². The van der Waals surface area contributed by atoms with Crippen molar-refractivity contribution in [2.45, 2.75) is 18.0 Å². The van der Waals surface area contributed by atoms with E-state index in [2.05, 4.69) is 20.1 Å². The summed E-state index contributed by atoms with van der Waals surface area (Å²) in [6.07, 6.45) is 4.87. The summed E-state index contributed by atoms with van der Waals surface area (Å²) in [4.78, 5) is 32.3. The molecule has 1 aliphatic carbocycles. The third-order valence-electron chi connectivity index (χ3n) is 5.01. The zero-order valence-electron chi connectivity index (χ0n) is 14.0. The molecule has 0 amide bonds. The van der Waals surface area contributed by atoms with Gasteiger partial charge in [-0.25, -0.2) is 18.7 Å². The Labute approximate surface area is 151 Å². The summed E-state index contributed by atoms with van der Waals surface area (Å²) in [6, 6.07) is 10.7. The maximum absolute atomic E-state index is 15.5. The van der Waals surface area contributed by atoms with Gasteiger partial charge in [-0.3, -0.25) is 9.78 Å². The van der Waals surface area contributed by atoms with E-state index in [4.69, 9.17) is 0 Å². The Hall–Kier alpha value is -3.55. The fourth-order valence-electron chi connectivity index (χ4n) is 3.56. The predicted molar refractivity (Wildman–Crippen MR) is 96.3 cm³/mol. The normalized spacial score (nSPS) is 21.4. The van der Waals surface area contributed by atoms with Crippen LogP contribution < -0.4 is 11.2 Å². The predicted octanol–water partition coefficient (Wildman–Crippen LogP) is 2.13. The number of rotatable bonds is 3. The maximum atomic E-state index is 15.5. The zero-order valence-corrected chi connectivity index (χ0v) is 14.0. The van der Waals surface area contributed by atoms with Crippen LogP contribution in [-0.4, -0.2) is 24.6 Å². The lowest BCUT2D eigenvalue weighted by molar-refractivity contribution is 0.306. The smallest absolute Gasteiger partial charge is 0.313 e. The van der Waals surface area contributed by atoms with E-state index in [-0.39, 0.29) is 11.5 Å². The van der Waals surface area contributed by atoms with Crippen LogP contribution in [0.15, 0.2) is 64.6 Å². The number of hydrogen-bond acceptors (Lipinski definition) is 4. The average molecular weight is 363 g/mol. The first-order chi connectivity index (χ1) is 13.1. The van der Waals surface area contributed by atoms with Crippen LogP contribution in [-0.2, 0) is 5.67 Å². The van der Waals surface area contributed by atoms with Crippen LogP contribution in [0.2, 0.25) is 0 Å². The molecule has 0 aliphatic heterocycles. The van der Waals surface area contributed by atoms with Crippen molar-refractivity contribution in [3.8, 4) is 11.3 Å². The second-order valence-electron chi connectivity index (χ2n) is 6.65. The molecule has 5 rings (SSSR count). The van der Waals surface area contributed by atoms with E-state index < -0.39 is 16.9 Å². The van der Waals surface area contributed by atoms with Gasteiger partial charge in [0.1, 0.15) is 5.67 Å². The molecule has 1 aliphatic rings. The second-order valence-corrected chi connectivity index (χ2v) is 6.65. The van der Waals surface area contributed by atoms with Gasteiger partial charge in [-0.2, -0.15) is 5.10 Å². The number of alkyl halides is 1. The minimum absolute atomic E-state index is 0.205. The van der Waals surface area contributed by atoms with E-state index in [1.54, 1.807) is 30.6 Å². The Morgan fingerprint density at radius 3 is 2.81 bits per heavy atom. The molecule has 27 heavy (non-hydrogen) atoms. The molecule has 1 fully saturated rings. The molecule has 1 unspecified atom stereocenters. The highest BCUT2D eigenvalue weighted by molar-refractivity contribution is 5.64. The molecule has 1 saturated carbocycles. The molecule has 4 aromatic rings. The first-order valence-corrected chi connectivity index (χ1v) is 8.47. The van der Waals surface area contributed by atoms with Gasteiger partial charge in [0.2, 0.25) is 0 Å². The number of benzene rings is 1. The van der Waals surface area contributed by atoms with Crippen LogP contribution in [0.5, 0.6) is 0 Å². The first kappa shape index (κ1) is 15.7. The average Bonchev–Trinajstić information content (AvgIpc) is 3.13. The number of halogens is 1. The molecule has 3 aromatic heterocycles. The largest absolute Gasteiger partial charge is 0.325 e. The van der Waals surface area contributed by atoms with Gasteiger partial charge in [0.15, 0.2) is 5.65 Å². The third kappa shape index (κ3) is 2.41. The van der Waals surface area contributed by atoms with E-state index >= 15 is 4.39 Å². The van der Waals surface area contributed by atoms with Gasteiger partial charge in [-0.1, -0.05) is 30.3 Å². The fourth-order valence-corrected chi connectivity index (χ4v) is 3.56. The number of nitrogens with zero attached hydrogens (tertiary/aromatic N) is 3. The number of aromatic amines is 2. The van der Waals surface area contributed by atoms with E-state index in [1.165, 1.54) is 10.7 Å². The monoisotopic (exact) mass is 363 g/mol. The van der Waals surface area contributed by atoms with E-state index in [1.807, 2.05) is 18.2 Å². The molecule has 0 spiro atoms. The molecule has 8 heteroatoms. The molecule has 2 N–H and O–H groups in total. The molecule has 7 nitrogen and oxygen atoms in total. The lowest BCUT2D eigenvalue weighted by atomic mass is 10.0. The van der Waals surface area contributed by atoms with Crippen molar-refractivity contribution < 1.29 is 4.39 Å². The Morgan fingerprint density at radius 1 is 1.22 bits per heavy atom. The van der Waals surface area contributed by atoms with Gasteiger partial charge in [0, 0.05) is 30.1 Å². The molecular formula is C19H14FN5O2. The number of H-pyrrole nitrogens is 2. The van der Waals surface area contributed by atoms with Crippen LogP contribution >= 0.6 is 0 Å². The summed E-state index contributed by atoms with van der Waals surface area (Å²) in [7, 11) is 0. The summed E-state index contributed by atoms with van der Waals surface area (Å²) in [5.41, 5.74) is -0.207. The summed E-state index contributed by atoms with van der Waals surface area (Å²) in [5, 5.41) is 4.38. The van der Waals surface area contributed by atoms with Crippen molar-refractivity contribution in [2.75, 3.05) is 0 Å². The molecular weight excluding hydrogens is 349 g/mol. The Kier molecular flexibility index (Phi) is 3.18. The van der Waals surface area contributed by atoms with Crippen molar-refractivity contribution in [1.29, 1.82) is 0 Å². The standard InChI is InChI=1S/C19H14FN5O2/c20-19(11-4-2-1-3-5-11)9-14(19)12-8-15(24-25-7-6-21-16(12)25)13-10-22-18(27)23-17(13)26/h1-8,10,14H,9H2,(H2,22,23,26,27)/t14?,19-/m1/s1. The number of hydrogen-bond donors (Lipinski definition) is 2. The quantitative estimate of drug-likeness (QED) is 0.583. The number of fused-ring (bicyclic) bond motifs is 1. The number of aromatic nitrogens is 5. The van der Waals surface area contributed by atoms with Crippen LogP contribution in [0.4, 0.5) is 4.39 Å². The first-order valence-electron chi connectivity index (χ1n) is 8.47. The van der Waals surface area contributed by atoms with Crippen molar-refractivity contribution in [3.05, 3.63) is 87.0 Å². The molecule has 0 bridgehead atoms. The van der Waals surface area contributed by atoms with Gasteiger partial charge < -0.3 is 4.98 Å². The molecule has 1 aromatic carbocycles. The van der Waals surface area contributed by atoms with Crippen molar-refractivity contribution in [1.82, 2.24) is 24.6 Å². The molecule has 0 saturated heterocycles. The third-order valence-corrected chi connectivity index (χ3v) is 5.01. The highest BCUT2D eigenvalue weighted by Gasteiger charge is 2.58. The zero-order chi connectivity index (χ0) is 18.6. The van der Waals surface area contributed by atoms with Gasteiger partial charge >= 0.3 is 5.69 Å². The van der Waals surface area contributed by atoms with Gasteiger partial charge in [-0.15, -0.1) is 0 Å². The Bertz CT molecular complexity index is 1280. The van der Waals surface area contributed by atoms with E-state index in [0.29, 0.717) is 28.9 Å². The number of nitrogens with one attached hydrogen (secondary N) is 2. The van der Waals surface area contributed by atoms with E-state index in [0.717, 1.165) is 0 Å². The van der Waals surface area contributed by atoms with Crippen molar-refractivity contribution in [3.63, 3.8) is 0 Å². The SMILES string of the molecule is O=c1[nH]cc(-c2cc(C3C[C@@]3(F)c3ccccc3)c3nccn3n2)c(=O)[nH]1. The van der Waals surface area contributed by atoms with Crippen molar-refractivity contribution in [2.24, 2.45) is 0 Å². The molecule has 0 radical (unpaired) electrons. The lowest BCUT2D eigenvalue weighted by Crippen LogP contribution is -2.23. The van der Waals surface area contributed by atoms with Gasteiger partial charge in [0.25, 0.3) is 5.56 Å². The molecule has 134 valence electrons. The second kappa shape index (κ2) is 5.47. The van der Waals surface area contributed by atoms with Crippen LogP contribution in [0, 0.1) is 0 Å². The number of imidazole rings is 1. The summed E-state index contributed by atoms with van der Waals surface area (Å²) in [5.74, 6) is -0.381. The highest BCUT2D eigenvalue weighted by Crippen LogP contribution is 2.62.